The monoisotopic (exact) mass is 536 g/mol. The van der Waals surface area contributed by atoms with Crippen molar-refractivity contribution >= 4 is 35.1 Å². The van der Waals surface area contributed by atoms with Crippen LogP contribution in [0, 0.1) is 11.8 Å². The first kappa shape index (κ1) is 26.5. The summed E-state index contributed by atoms with van der Waals surface area (Å²) < 4.78 is 5.88. The average molecular weight is 537 g/mol. The van der Waals surface area contributed by atoms with Gasteiger partial charge in [0, 0.05) is 29.3 Å². The Morgan fingerprint density at radius 2 is 2.00 bits per heavy atom. The first-order valence-electron chi connectivity index (χ1n) is 15.0. The van der Waals surface area contributed by atoms with E-state index in [4.69, 9.17) is 14.7 Å². The number of ether oxygens (including phenoxy) is 1. The fourth-order valence-electron chi connectivity index (χ4n) is 5.98. The molecule has 1 heterocycles. The van der Waals surface area contributed by atoms with Crippen LogP contribution in [-0.4, -0.2) is 28.5 Å². The summed E-state index contributed by atoms with van der Waals surface area (Å²) in [6.07, 6.45) is 18.8. The molecule has 0 bridgehead atoms. The van der Waals surface area contributed by atoms with Gasteiger partial charge < -0.3 is 15.4 Å². The molecule has 0 aliphatic heterocycles. The van der Waals surface area contributed by atoms with Gasteiger partial charge in [-0.05, 0) is 92.7 Å². The number of allylic oxidation sites excluding steroid dienone is 6. The Balaban J connectivity index is 1.26. The second kappa shape index (κ2) is 11.4. The lowest BCUT2D eigenvalue weighted by Crippen LogP contribution is -2.29. The topological polar surface area (TPSA) is 76.1 Å². The molecule has 6 nitrogen and oxygen atoms in total. The summed E-state index contributed by atoms with van der Waals surface area (Å²) in [7, 11) is 0. The van der Waals surface area contributed by atoms with Crippen LogP contribution in [0.25, 0.3) is 17.7 Å². The van der Waals surface area contributed by atoms with Gasteiger partial charge in [-0.25, -0.2) is 9.97 Å². The van der Waals surface area contributed by atoms with E-state index in [0.717, 1.165) is 79.0 Å². The van der Waals surface area contributed by atoms with Crippen molar-refractivity contribution in [3.8, 4) is 0 Å². The van der Waals surface area contributed by atoms with Crippen molar-refractivity contribution in [1.82, 2.24) is 15.3 Å². The van der Waals surface area contributed by atoms with E-state index in [2.05, 4.69) is 73.9 Å². The molecule has 40 heavy (non-hydrogen) atoms. The van der Waals surface area contributed by atoms with E-state index in [9.17, 15) is 4.79 Å². The van der Waals surface area contributed by atoms with Gasteiger partial charge in [-0.3, -0.25) is 4.79 Å². The standard InChI is InChI=1S/C34H40N4O2/c1-4-23-17-24-12-13-28(18-26(24)16-21(2)22(23)3)36-34-30-10-5-6-11-31(30)37-33(38-34)25-8-7-9-29(19-25)40-20-32(39)35-27-14-15-27/h6,8,11-13,16,18-19,22-23,27H,4-5,7,9-10,14-15,17,20H2,1-3H3,(H,35,39)(H,36,37,38). The summed E-state index contributed by atoms with van der Waals surface area (Å²) in [4.78, 5) is 22.1. The SMILES string of the molecule is CCC1Cc2ccc(Nc3nc(C4=CCCC(OCC(=O)NC5CC5)=C4)nc4c3CCC=C4)cc2C=C(C)C1C. The normalized spacial score (nSPS) is 21.7. The lowest BCUT2D eigenvalue weighted by molar-refractivity contribution is -0.124. The van der Waals surface area contributed by atoms with Crippen molar-refractivity contribution in [3.63, 3.8) is 0 Å². The molecular weight excluding hydrogens is 496 g/mol. The van der Waals surface area contributed by atoms with Gasteiger partial charge >= 0.3 is 0 Å². The molecule has 0 radical (unpaired) electrons. The number of rotatable bonds is 8. The molecule has 2 unspecified atom stereocenters. The average Bonchev–Trinajstić information content (AvgIpc) is 3.80. The molecule has 0 spiro atoms. The molecule has 2 N–H and O–H groups in total. The minimum Gasteiger partial charge on any atom is -0.488 e. The number of amides is 1. The second-order valence-corrected chi connectivity index (χ2v) is 11.7. The predicted octanol–water partition coefficient (Wildman–Crippen LogP) is 7.16. The highest BCUT2D eigenvalue weighted by molar-refractivity contribution is 5.78. The Labute approximate surface area is 237 Å². The lowest BCUT2D eigenvalue weighted by Gasteiger charge is -2.21. The van der Waals surface area contributed by atoms with Crippen molar-refractivity contribution in [2.24, 2.45) is 11.8 Å². The Kier molecular flexibility index (Phi) is 7.59. The number of nitrogens with zero attached hydrogens (tertiary/aromatic N) is 2. The number of carbonyl (C=O) groups is 1. The van der Waals surface area contributed by atoms with Gasteiger partial charge in [0.25, 0.3) is 5.91 Å². The predicted molar refractivity (Wildman–Crippen MR) is 162 cm³/mol. The van der Waals surface area contributed by atoms with Crippen LogP contribution in [0.2, 0.25) is 0 Å². The third-order valence-electron chi connectivity index (χ3n) is 8.76. The molecule has 2 aromatic rings. The number of hydrogen-bond donors (Lipinski definition) is 2. The van der Waals surface area contributed by atoms with Crippen molar-refractivity contribution in [3.05, 3.63) is 76.0 Å². The third kappa shape index (κ3) is 5.91. The van der Waals surface area contributed by atoms with Crippen molar-refractivity contribution < 1.29 is 9.53 Å². The number of benzene rings is 1. The fraction of sp³-hybridized carbons (Fsp3) is 0.441. The van der Waals surface area contributed by atoms with Gasteiger partial charge in [0.05, 0.1) is 11.5 Å². The molecule has 4 aliphatic rings. The zero-order valence-corrected chi connectivity index (χ0v) is 23.9. The minimum atomic E-state index is -0.0494. The van der Waals surface area contributed by atoms with Crippen LogP contribution in [0.5, 0.6) is 0 Å². The fourth-order valence-corrected chi connectivity index (χ4v) is 5.98. The summed E-state index contributed by atoms with van der Waals surface area (Å²) in [6.45, 7) is 6.99. The zero-order chi connectivity index (χ0) is 27.6. The van der Waals surface area contributed by atoms with Gasteiger partial charge in [-0.1, -0.05) is 50.1 Å². The quantitative estimate of drug-likeness (QED) is 0.374. The number of anilines is 2. The van der Waals surface area contributed by atoms with Crippen LogP contribution in [0.3, 0.4) is 0 Å². The van der Waals surface area contributed by atoms with Gasteiger partial charge in [-0.15, -0.1) is 0 Å². The van der Waals surface area contributed by atoms with Crippen LogP contribution in [-0.2, 0) is 22.4 Å². The molecule has 1 saturated carbocycles. The van der Waals surface area contributed by atoms with E-state index >= 15 is 0 Å². The van der Waals surface area contributed by atoms with Gasteiger partial charge in [0.1, 0.15) is 5.82 Å². The van der Waals surface area contributed by atoms with E-state index in [1.807, 2.05) is 6.08 Å². The molecular formula is C34H40N4O2. The Morgan fingerprint density at radius 1 is 1.12 bits per heavy atom. The van der Waals surface area contributed by atoms with Crippen LogP contribution in [0.15, 0.2) is 47.8 Å². The largest absolute Gasteiger partial charge is 0.488 e. The van der Waals surface area contributed by atoms with E-state index in [0.29, 0.717) is 23.7 Å². The number of carbonyl (C=O) groups excluding carboxylic acids is 1. The second-order valence-electron chi connectivity index (χ2n) is 11.7. The number of nitrogens with one attached hydrogen (secondary N) is 2. The van der Waals surface area contributed by atoms with Gasteiger partial charge in [-0.2, -0.15) is 0 Å². The summed E-state index contributed by atoms with van der Waals surface area (Å²) in [5, 5.41) is 6.65. The Morgan fingerprint density at radius 3 is 2.83 bits per heavy atom. The summed E-state index contributed by atoms with van der Waals surface area (Å²) >= 11 is 0. The van der Waals surface area contributed by atoms with Gasteiger partial charge in [0.2, 0.25) is 0 Å². The van der Waals surface area contributed by atoms with Crippen molar-refractivity contribution in [2.75, 3.05) is 11.9 Å². The maximum absolute atomic E-state index is 12.1. The van der Waals surface area contributed by atoms with Gasteiger partial charge in [0.15, 0.2) is 12.4 Å². The summed E-state index contributed by atoms with van der Waals surface area (Å²) in [6, 6.07) is 7.09. The molecule has 0 saturated heterocycles. The Hall–Kier alpha value is -3.67. The molecule has 1 aromatic heterocycles. The summed E-state index contributed by atoms with van der Waals surface area (Å²) in [5.74, 6) is 3.58. The minimum absolute atomic E-state index is 0.0494. The maximum atomic E-state index is 12.1. The van der Waals surface area contributed by atoms with E-state index < -0.39 is 0 Å². The Bertz CT molecular complexity index is 1430. The van der Waals surface area contributed by atoms with Crippen LogP contribution in [0.1, 0.15) is 87.5 Å². The molecule has 1 amide bonds. The maximum Gasteiger partial charge on any atom is 0.258 e. The third-order valence-corrected chi connectivity index (χ3v) is 8.76. The first-order chi connectivity index (χ1) is 19.5. The van der Waals surface area contributed by atoms with Crippen LogP contribution >= 0.6 is 0 Å². The van der Waals surface area contributed by atoms with E-state index in [1.54, 1.807) is 0 Å². The van der Waals surface area contributed by atoms with Crippen molar-refractivity contribution in [2.45, 2.75) is 78.2 Å². The number of hydrogen-bond acceptors (Lipinski definition) is 5. The molecule has 208 valence electrons. The van der Waals surface area contributed by atoms with Crippen LogP contribution in [0.4, 0.5) is 11.5 Å². The first-order valence-corrected chi connectivity index (χ1v) is 15.0. The summed E-state index contributed by atoms with van der Waals surface area (Å²) in [5.41, 5.74) is 8.29. The highest BCUT2D eigenvalue weighted by Crippen LogP contribution is 2.36. The molecule has 6 heteroatoms. The van der Waals surface area contributed by atoms with Crippen LogP contribution < -0.4 is 10.6 Å². The highest BCUT2D eigenvalue weighted by Gasteiger charge is 2.25. The molecule has 6 rings (SSSR count). The van der Waals surface area contributed by atoms with E-state index in [1.165, 1.54) is 23.1 Å². The highest BCUT2D eigenvalue weighted by atomic mass is 16.5. The number of fused-ring (bicyclic) bond motifs is 2. The van der Waals surface area contributed by atoms with Crippen molar-refractivity contribution in [1.29, 1.82) is 0 Å². The smallest absolute Gasteiger partial charge is 0.258 e. The number of aromatic nitrogens is 2. The zero-order valence-electron chi connectivity index (χ0n) is 23.9. The molecule has 2 atom stereocenters. The molecule has 1 fully saturated rings. The lowest BCUT2D eigenvalue weighted by atomic mass is 9.84. The van der Waals surface area contributed by atoms with E-state index in [-0.39, 0.29) is 12.5 Å². The molecule has 4 aliphatic carbocycles. The molecule has 1 aromatic carbocycles.